The monoisotopic (exact) mass is 221 g/mol. The average Bonchev–Trinajstić information content (AvgIpc) is 2.51. The Morgan fingerprint density at radius 1 is 1.50 bits per heavy atom. The number of rotatable bonds is 3. The molecule has 1 aliphatic rings. The number of nitrogens with two attached hydrogens (primary N) is 1. The first-order valence-electron chi connectivity index (χ1n) is 4.32. The van der Waals surface area contributed by atoms with E-state index in [1.807, 2.05) is 0 Å². The van der Waals surface area contributed by atoms with E-state index < -0.39 is 16.1 Å². The van der Waals surface area contributed by atoms with E-state index in [9.17, 15) is 13.2 Å². The lowest BCUT2D eigenvalue weighted by Gasteiger charge is -2.20. The smallest absolute Gasteiger partial charge is 0.281 e. The zero-order chi connectivity index (χ0) is 10.9. The van der Waals surface area contributed by atoms with Gasteiger partial charge in [-0.2, -0.15) is 17.0 Å². The van der Waals surface area contributed by atoms with Gasteiger partial charge in [0, 0.05) is 27.2 Å². The molecule has 82 valence electrons. The van der Waals surface area contributed by atoms with Crippen LogP contribution in [0.2, 0.25) is 0 Å². The molecular weight excluding hydrogens is 206 g/mol. The third kappa shape index (κ3) is 2.05. The highest BCUT2D eigenvalue weighted by atomic mass is 32.2. The van der Waals surface area contributed by atoms with Gasteiger partial charge < -0.3 is 5.73 Å². The zero-order valence-corrected chi connectivity index (χ0v) is 9.12. The summed E-state index contributed by atoms with van der Waals surface area (Å²) in [5.74, 6) is -0.772. The van der Waals surface area contributed by atoms with Crippen LogP contribution in [0.15, 0.2) is 0 Å². The molecule has 0 aliphatic carbocycles. The Balaban J connectivity index is 2.72. The summed E-state index contributed by atoms with van der Waals surface area (Å²) in [7, 11) is -0.454. The molecule has 0 aromatic carbocycles. The highest BCUT2D eigenvalue weighted by Gasteiger charge is 2.34. The third-order valence-corrected chi connectivity index (χ3v) is 4.25. The van der Waals surface area contributed by atoms with Gasteiger partial charge in [-0.05, 0) is 6.42 Å². The molecule has 1 amide bonds. The maximum absolute atomic E-state index is 11.6. The number of hydrogen-bond acceptors (Lipinski definition) is 3. The highest BCUT2D eigenvalue weighted by molar-refractivity contribution is 7.86. The fraction of sp³-hybridized carbons (Fsp3) is 0.857. The van der Waals surface area contributed by atoms with E-state index in [1.54, 1.807) is 0 Å². The Kier molecular flexibility index (Phi) is 3.13. The van der Waals surface area contributed by atoms with Crippen LogP contribution in [0, 0.1) is 5.92 Å². The molecule has 0 aromatic rings. The van der Waals surface area contributed by atoms with Crippen LogP contribution in [0.4, 0.5) is 0 Å². The summed E-state index contributed by atoms with van der Waals surface area (Å²) < 4.78 is 25.6. The van der Waals surface area contributed by atoms with Crippen molar-refractivity contribution < 1.29 is 13.2 Å². The fourth-order valence-electron chi connectivity index (χ4n) is 1.40. The van der Waals surface area contributed by atoms with E-state index in [0.717, 1.165) is 4.31 Å². The minimum Gasteiger partial charge on any atom is -0.369 e. The van der Waals surface area contributed by atoms with E-state index in [4.69, 9.17) is 5.73 Å². The van der Waals surface area contributed by atoms with Crippen LogP contribution >= 0.6 is 0 Å². The van der Waals surface area contributed by atoms with E-state index in [-0.39, 0.29) is 12.5 Å². The zero-order valence-electron chi connectivity index (χ0n) is 8.30. The first-order valence-corrected chi connectivity index (χ1v) is 5.72. The third-order valence-electron chi connectivity index (χ3n) is 2.34. The molecule has 14 heavy (non-hydrogen) atoms. The minimum atomic E-state index is -3.38. The van der Waals surface area contributed by atoms with Crippen LogP contribution < -0.4 is 5.73 Å². The fourth-order valence-corrected chi connectivity index (χ4v) is 2.57. The Labute approximate surface area is 83.8 Å². The molecule has 6 nitrogen and oxygen atoms in total. The SMILES string of the molecule is CN(C)S(=O)(=O)N1CCC(C(N)=O)C1. The lowest BCUT2D eigenvalue weighted by molar-refractivity contribution is -0.121. The van der Waals surface area contributed by atoms with Crippen molar-refractivity contribution in [3.05, 3.63) is 0 Å². The van der Waals surface area contributed by atoms with Crippen LogP contribution in [-0.4, -0.2) is 50.1 Å². The molecule has 1 heterocycles. The van der Waals surface area contributed by atoms with Gasteiger partial charge in [-0.1, -0.05) is 0 Å². The molecule has 1 aliphatic heterocycles. The van der Waals surface area contributed by atoms with Crippen molar-refractivity contribution in [1.29, 1.82) is 0 Å². The van der Waals surface area contributed by atoms with Gasteiger partial charge in [0.2, 0.25) is 5.91 Å². The Bertz CT molecular complexity index is 325. The molecule has 0 radical (unpaired) electrons. The number of carbonyl (C=O) groups excluding carboxylic acids is 1. The van der Waals surface area contributed by atoms with E-state index >= 15 is 0 Å². The van der Waals surface area contributed by atoms with Gasteiger partial charge in [-0.15, -0.1) is 0 Å². The summed E-state index contributed by atoms with van der Waals surface area (Å²) in [6.07, 6.45) is 0.516. The van der Waals surface area contributed by atoms with Crippen LogP contribution in [0.25, 0.3) is 0 Å². The molecule has 1 saturated heterocycles. The maximum Gasteiger partial charge on any atom is 0.281 e. The van der Waals surface area contributed by atoms with Gasteiger partial charge >= 0.3 is 0 Å². The van der Waals surface area contributed by atoms with Crippen molar-refractivity contribution in [2.45, 2.75) is 6.42 Å². The van der Waals surface area contributed by atoms with Gasteiger partial charge in [0.1, 0.15) is 0 Å². The molecule has 1 rings (SSSR count). The predicted molar refractivity (Wildman–Crippen MR) is 51.5 cm³/mol. The normalized spacial score (nSPS) is 24.4. The van der Waals surface area contributed by atoms with Crippen molar-refractivity contribution in [3.8, 4) is 0 Å². The Morgan fingerprint density at radius 2 is 2.07 bits per heavy atom. The number of nitrogens with zero attached hydrogens (tertiary/aromatic N) is 2. The van der Waals surface area contributed by atoms with Gasteiger partial charge in [-0.3, -0.25) is 4.79 Å². The number of carbonyl (C=O) groups is 1. The second-order valence-corrected chi connectivity index (χ2v) is 5.68. The molecule has 1 unspecified atom stereocenters. The lowest BCUT2D eigenvalue weighted by atomic mass is 10.1. The second kappa shape index (κ2) is 3.84. The minimum absolute atomic E-state index is 0.204. The van der Waals surface area contributed by atoms with Gasteiger partial charge in [0.25, 0.3) is 10.2 Å². The number of hydrogen-bond donors (Lipinski definition) is 1. The lowest BCUT2D eigenvalue weighted by Crippen LogP contribution is -2.39. The van der Waals surface area contributed by atoms with Crippen molar-refractivity contribution in [2.75, 3.05) is 27.2 Å². The summed E-state index contributed by atoms with van der Waals surface area (Å²) in [4.78, 5) is 10.8. The summed E-state index contributed by atoms with van der Waals surface area (Å²) in [5.41, 5.74) is 5.11. The standard InChI is InChI=1S/C7H15N3O3S/c1-9(2)14(12,13)10-4-3-6(5-10)7(8)11/h6H,3-5H2,1-2H3,(H2,8,11). The van der Waals surface area contributed by atoms with Crippen LogP contribution in [-0.2, 0) is 15.0 Å². The number of primary amides is 1. The van der Waals surface area contributed by atoms with Crippen molar-refractivity contribution >= 4 is 16.1 Å². The van der Waals surface area contributed by atoms with Crippen molar-refractivity contribution in [3.63, 3.8) is 0 Å². The van der Waals surface area contributed by atoms with Crippen molar-refractivity contribution in [1.82, 2.24) is 8.61 Å². The van der Waals surface area contributed by atoms with Crippen LogP contribution in [0.1, 0.15) is 6.42 Å². The molecule has 1 atom stereocenters. The molecular formula is C7H15N3O3S. The second-order valence-electron chi connectivity index (χ2n) is 3.54. The van der Waals surface area contributed by atoms with E-state index in [2.05, 4.69) is 0 Å². The molecule has 2 N–H and O–H groups in total. The molecule has 0 aromatic heterocycles. The molecule has 0 spiro atoms. The first kappa shape index (κ1) is 11.4. The Morgan fingerprint density at radius 3 is 2.43 bits per heavy atom. The van der Waals surface area contributed by atoms with Gasteiger partial charge in [0.05, 0.1) is 5.92 Å². The van der Waals surface area contributed by atoms with Gasteiger partial charge in [-0.25, -0.2) is 0 Å². The first-order chi connectivity index (χ1) is 6.35. The quantitative estimate of drug-likeness (QED) is 0.636. The van der Waals surface area contributed by atoms with Crippen LogP contribution in [0.5, 0.6) is 0 Å². The largest absolute Gasteiger partial charge is 0.369 e. The van der Waals surface area contributed by atoms with Gasteiger partial charge in [0.15, 0.2) is 0 Å². The topological polar surface area (TPSA) is 83.7 Å². The van der Waals surface area contributed by atoms with E-state index in [0.29, 0.717) is 13.0 Å². The number of amides is 1. The van der Waals surface area contributed by atoms with E-state index in [1.165, 1.54) is 18.4 Å². The molecule has 7 heteroatoms. The van der Waals surface area contributed by atoms with Crippen LogP contribution in [0.3, 0.4) is 0 Å². The molecule has 0 bridgehead atoms. The summed E-state index contributed by atoms with van der Waals surface area (Å²) in [6.45, 7) is 0.573. The highest BCUT2D eigenvalue weighted by Crippen LogP contribution is 2.19. The molecule has 0 saturated carbocycles. The molecule has 1 fully saturated rings. The summed E-state index contributed by atoms with van der Waals surface area (Å²) in [5, 5.41) is 0. The summed E-state index contributed by atoms with van der Waals surface area (Å²) in [6, 6.07) is 0. The average molecular weight is 221 g/mol. The summed E-state index contributed by atoms with van der Waals surface area (Å²) >= 11 is 0. The Hall–Kier alpha value is -0.660. The maximum atomic E-state index is 11.6. The van der Waals surface area contributed by atoms with Crippen molar-refractivity contribution in [2.24, 2.45) is 11.7 Å². The predicted octanol–water partition coefficient (Wildman–Crippen LogP) is -1.40.